The Morgan fingerprint density at radius 3 is 2.44 bits per heavy atom. The summed E-state index contributed by atoms with van der Waals surface area (Å²) in [4.78, 5) is 2.64. The van der Waals surface area contributed by atoms with Crippen molar-refractivity contribution in [3.05, 3.63) is 0 Å². The summed E-state index contributed by atoms with van der Waals surface area (Å²) in [6, 6.07) is 0.652. The van der Waals surface area contributed by atoms with Crippen LogP contribution in [-0.2, 0) is 0 Å². The van der Waals surface area contributed by atoms with Gasteiger partial charge in [0, 0.05) is 24.7 Å². The molecule has 0 amide bonds. The third-order valence-corrected chi connectivity index (χ3v) is 3.48. The van der Waals surface area contributed by atoms with Gasteiger partial charge in [-0.2, -0.15) is 0 Å². The van der Waals surface area contributed by atoms with Crippen molar-refractivity contribution in [2.75, 3.05) is 19.6 Å². The fourth-order valence-corrected chi connectivity index (χ4v) is 2.43. The van der Waals surface area contributed by atoms with Crippen LogP contribution in [0.3, 0.4) is 0 Å². The maximum absolute atomic E-state index is 3.60. The molecule has 1 unspecified atom stereocenters. The Kier molecular flexibility index (Phi) is 4.42. The summed E-state index contributed by atoms with van der Waals surface area (Å²) in [5, 5.41) is 3.60. The molecule has 1 atom stereocenters. The fourth-order valence-electron chi connectivity index (χ4n) is 2.43. The summed E-state index contributed by atoms with van der Waals surface area (Å²) in [6.07, 6.45) is 2.73. The van der Waals surface area contributed by atoms with E-state index in [0.29, 0.717) is 11.5 Å². The van der Waals surface area contributed by atoms with E-state index in [2.05, 4.69) is 51.8 Å². The molecule has 1 aliphatic heterocycles. The van der Waals surface area contributed by atoms with Gasteiger partial charge in [0.1, 0.15) is 0 Å². The monoisotopic (exact) mass is 226 g/mol. The largest absolute Gasteiger partial charge is 0.311 e. The normalized spacial score (nSPS) is 24.4. The van der Waals surface area contributed by atoms with E-state index >= 15 is 0 Å². The van der Waals surface area contributed by atoms with E-state index in [1.807, 2.05) is 0 Å². The molecule has 0 aromatic carbocycles. The first kappa shape index (κ1) is 14.0. The Hall–Kier alpha value is -0.0800. The van der Waals surface area contributed by atoms with Gasteiger partial charge < -0.3 is 5.32 Å². The van der Waals surface area contributed by atoms with Gasteiger partial charge in [0.25, 0.3) is 0 Å². The zero-order valence-corrected chi connectivity index (χ0v) is 12.1. The second kappa shape index (κ2) is 5.05. The van der Waals surface area contributed by atoms with Crippen molar-refractivity contribution in [3.63, 3.8) is 0 Å². The third kappa shape index (κ3) is 4.84. The van der Waals surface area contributed by atoms with Crippen molar-refractivity contribution < 1.29 is 0 Å². The first-order valence-corrected chi connectivity index (χ1v) is 6.69. The Balaban J connectivity index is 2.39. The number of hydrogen-bond donors (Lipinski definition) is 1. The van der Waals surface area contributed by atoms with Crippen LogP contribution in [0.4, 0.5) is 0 Å². The first-order chi connectivity index (χ1) is 7.20. The zero-order valence-electron chi connectivity index (χ0n) is 12.1. The molecular formula is C14H30N2. The van der Waals surface area contributed by atoms with Crippen molar-refractivity contribution >= 4 is 0 Å². The molecular weight excluding hydrogens is 196 g/mol. The maximum atomic E-state index is 3.60. The Morgan fingerprint density at radius 2 is 1.94 bits per heavy atom. The molecule has 0 saturated carbocycles. The molecule has 1 N–H and O–H groups in total. The maximum Gasteiger partial charge on any atom is 0.0192 e. The van der Waals surface area contributed by atoms with Crippen LogP contribution in [0.25, 0.3) is 0 Å². The van der Waals surface area contributed by atoms with Crippen molar-refractivity contribution in [2.24, 2.45) is 5.41 Å². The minimum absolute atomic E-state index is 0.236. The lowest BCUT2D eigenvalue weighted by Gasteiger charge is -2.42. The number of nitrogens with zero attached hydrogens (tertiary/aromatic N) is 1. The highest BCUT2D eigenvalue weighted by molar-refractivity contribution is 4.84. The van der Waals surface area contributed by atoms with Gasteiger partial charge in [0.2, 0.25) is 0 Å². The van der Waals surface area contributed by atoms with Crippen LogP contribution in [0, 0.1) is 5.41 Å². The smallest absolute Gasteiger partial charge is 0.0192 e. The van der Waals surface area contributed by atoms with E-state index in [9.17, 15) is 0 Å². The minimum Gasteiger partial charge on any atom is -0.311 e. The lowest BCUT2D eigenvalue weighted by molar-refractivity contribution is 0.0817. The second-order valence-corrected chi connectivity index (χ2v) is 7.22. The molecule has 16 heavy (non-hydrogen) atoms. The lowest BCUT2D eigenvalue weighted by Crippen LogP contribution is -2.50. The number of likely N-dealkylation sites (tertiary alicyclic amines) is 1. The standard InChI is InChI=1S/C14H30N2/c1-12(10-15-13(2,3)4)16-9-7-8-14(5,6)11-16/h12,15H,7-11H2,1-6H3. The summed E-state index contributed by atoms with van der Waals surface area (Å²) in [5.74, 6) is 0. The molecule has 2 heteroatoms. The summed E-state index contributed by atoms with van der Waals surface area (Å²) >= 11 is 0. The molecule has 1 heterocycles. The van der Waals surface area contributed by atoms with Crippen molar-refractivity contribution in [1.29, 1.82) is 0 Å². The Labute approximate surface area is 102 Å². The van der Waals surface area contributed by atoms with E-state index < -0.39 is 0 Å². The number of nitrogens with one attached hydrogen (secondary N) is 1. The Morgan fingerprint density at radius 1 is 1.31 bits per heavy atom. The van der Waals surface area contributed by atoms with Crippen LogP contribution >= 0.6 is 0 Å². The van der Waals surface area contributed by atoms with E-state index in [1.54, 1.807) is 0 Å². The highest BCUT2D eigenvalue weighted by Crippen LogP contribution is 2.29. The van der Waals surface area contributed by atoms with Gasteiger partial charge in [0.05, 0.1) is 0 Å². The van der Waals surface area contributed by atoms with Crippen LogP contribution < -0.4 is 5.32 Å². The molecule has 0 radical (unpaired) electrons. The number of piperidine rings is 1. The second-order valence-electron chi connectivity index (χ2n) is 7.22. The van der Waals surface area contributed by atoms with Gasteiger partial charge in [-0.05, 0) is 52.5 Å². The summed E-state index contributed by atoms with van der Waals surface area (Å²) in [6.45, 7) is 17.5. The predicted molar refractivity (Wildman–Crippen MR) is 71.8 cm³/mol. The zero-order chi connectivity index (χ0) is 12.4. The number of hydrogen-bond acceptors (Lipinski definition) is 2. The molecule has 0 aromatic rings. The molecule has 1 rings (SSSR count). The predicted octanol–water partition coefficient (Wildman–Crippen LogP) is 2.89. The van der Waals surface area contributed by atoms with E-state index in [1.165, 1.54) is 25.9 Å². The molecule has 0 aromatic heterocycles. The molecule has 1 saturated heterocycles. The average Bonchev–Trinajstić information content (AvgIpc) is 2.11. The molecule has 1 aliphatic rings. The SMILES string of the molecule is CC(CNC(C)(C)C)N1CCCC(C)(C)C1. The first-order valence-electron chi connectivity index (χ1n) is 6.69. The highest BCUT2D eigenvalue weighted by Gasteiger charge is 2.28. The van der Waals surface area contributed by atoms with Crippen molar-refractivity contribution in [1.82, 2.24) is 10.2 Å². The summed E-state index contributed by atoms with van der Waals surface area (Å²) in [7, 11) is 0. The van der Waals surface area contributed by atoms with Crippen LogP contribution in [0.2, 0.25) is 0 Å². The average molecular weight is 226 g/mol. The minimum atomic E-state index is 0.236. The fraction of sp³-hybridized carbons (Fsp3) is 1.00. The quantitative estimate of drug-likeness (QED) is 0.796. The summed E-state index contributed by atoms with van der Waals surface area (Å²) in [5.41, 5.74) is 0.744. The topological polar surface area (TPSA) is 15.3 Å². The highest BCUT2D eigenvalue weighted by atomic mass is 15.2. The van der Waals surface area contributed by atoms with Gasteiger partial charge >= 0.3 is 0 Å². The van der Waals surface area contributed by atoms with Gasteiger partial charge in [0.15, 0.2) is 0 Å². The van der Waals surface area contributed by atoms with Crippen LogP contribution in [-0.4, -0.2) is 36.1 Å². The Bertz CT molecular complexity index is 215. The van der Waals surface area contributed by atoms with Gasteiger partial charge in [-0.25, -0.2) is 0 Å². The van der Waals surface area contributed by atoms with E-state index in [4.69, 9.17) is 0 Å². The van der Waals surface area contributed by atoms with Crippen LogP contribution in [0.15, 0.2) is 0 Å². The van der Waals surface area contributed by atoms with Crippen molar-refractivity contribution in [2.45, 2.75) is 66.0 Å². The number of rotatable bonds is 3. The van der Waals surface area contributed by atoms with Crippen LogP contribution in [0.1, 0.15) is 54.4 Å². The van der Waals surface area contributed by atoms with Gasteiger partial charge in [-0.3, -0.25) is 4.90 Å². The third-order valence-electron chi connectivity index (χ3n) is 3.48. The molecule has 0 bridgehead atoms. The molecule has 96 valence electrons. The van der Waals surface area contributed by atoms with E-state index in [0.717, 1.165) is 6.54 Å². The molecule has 2 nitrogen and oxygen atoms in total. The van der Waals surface area contributed by atoms with Crippen molar-refractivity contribution in [3.8, 4) is 0 Å². The lowest BCUT2D eigenvalue weighted by atomic mass is 9.83. The van der Waals surface area contributed by atoms with Gasteiger partial charge in [-0.15, -0.1) is 0 Å². The molecule has 0 spiro atoms. The molecule has 0 aliphatic carbocycles. The summed E-state index contributed by atoms with van der Waals surface area (Å²) < 4.78 is 0. The van der Waals surface area contributed by atoms with Gasteiger partial charge in [-0.1, -0.05) is 13.8 Å². The van der Waals surface area contributed by atoms with E-state index in [-0.39, 0.29) is 5.54 Å². The molecule has 1 fully saturated rings. The van der Waals surface area contributed by atoms with Crippen LogP contribution in [0.5, 0.6) is 0 Å².